The zero-order chi connectivity index (χ0) is 23.7. The van der Waals surface area contributed by atoms with Crippen molar-refractivity contribution in [1.82, 2.24) is 14.8 Å². The van der Waals surface area contributed by atoms with Gasteiger partial charge in [0.1, 0.15) is 5.82 Å². The van der Waals surface area contributed by atoms with Crippen molar-refractivity contribution in [3.05, 3.63) is 34.4 Å². The van der Waals surface area contributed by atoms with Crippen molar-refractivity contribution in [2.45, 2.75) is 25.3 Å². The Bertz CT molecular complexity index is 1170. The van der Waals surface area contributed by atoms with E-state index in [1.54, 1.807) is 15.5 Å². The van der Waals surface area contributed by atoms with Gasteiger partial charge in [-0.3, -0.25) is 9.59 Å². The largest absolute Gasteiger partial charge is 0.511 e. The number of aliphatic carboxylic acids is 1. The molecule has 0 atom stereocenters. The Morgan fingerprint density at radius 1 is 1.12 bits per heavy atom. The Labute approximate surface area is 186 Å². The molecular formula is C21H23FN4O7. The third-order valence-corrected chi connectivity index (χ3v) is 5.73. The summed E-state index contributed by atoms with van der Waals surface area (Å²) in [6, 6.07) is 2.39. The van der Waals surface area contributed by atoms with Gasteiger partial charge in [0.25, 0.3) is 0 Å². The second kappa shape index (κ2) is 8.96. The van der Waals surface area contributed by atoms with Crippen LogP contribution in [-0.4, -0.2) is 70.6 Å². The summed E-state index contributed by atoms with van der Waals surface area (Å²) in [5, 5.41) is 20.2. The number of halogens is 1. The van der Waals surface area contributed by atoms with Gasteiger partial charge in [0.05, 0.1) is 29.2 Å². The van der Waals surface area contributed by atoms with E-state index < -0.39 is 23.4 Å². The maximum atomic E-state index is 15.0. The summed E-state index contributed by atoms with van der Waals surface area (Å²) in [5.74, 6) is -2.00. The molecule has 1 aliphatic heterocycles. The number of rotatable bonds is 6. The molecule has 12 heteroatoms. The van der Waals surface area contributed by atoms with E-state index in [1.807, 2.05) is 0 Å². The summed E-state index contributed by atoms with van der Waals surface area (Å²) >= 11 is 0. The van der Waals surface area contributed by atoms with Gasteiger partial charge in [-0.15, -0.1) is 0 Å². The van der Waals surface area contributed by atoms with Crippen LogP contribution in [0.5, 0.6) is 5.75 Å². The van der Waals surface area contributed by atoms with Crippen LogP contribution in [0, 0.1) is 5.82 Å². The number of benzene rings is 1. The molecule has 11 nitrogen and oxygen atoms in total. The molecule has 33 heavy (non-hydrogen) atoms. The average Bonchev–Trinajstić information content (AvgIpc) is 3.60. The van der Waals surface area contributed by atoms with Crippen LogP contribution in [0.15, 0.2) is 23.1 Å². The number of nitrogens with zero attached hydrogens (tertiary/aromatic N) is 3. The normalized spacial score (nSPS) is 16.0. The fraction of sp³-hybridized carbons (Fsp3) is 0.429. The Kier molecular flexibility index (Phi) is 6.07. The first kappa shape index (κ1) is 22.4. The lowest BCUT2D eigenvalue weighted by Crippen LogP contribution is -2.52. The molecule has 2 fully saturated rings. The Hall–Kier alpha value is -3.83. The molecule has 2 aromatic rings. The summed E-state index contributed by atoms with van der Waals surface area (Å²) in [7, 11) is 0. The van der Waals surface area contributed by atoms with E-state index in [-0.39, 0.29) is 41.9 Å². The highest BCUT2D eigenvalue weighted by atomic mass is 19.1. The van der Waals surface area contributed by atoms with Crippen LogP contribution in [0.4, 0.5) is 19.7 Å². The monoisotopic (exact) mass is 462 g/mol. The van der Waals surface area contributed by atoms with Crippen molar-refractivity contribution < 1.29 is 33.7 Å². The number of anilines is 1. The number of nitrogens with one attached hydrogen (secondary N) is 1. The number of carbonyl (C=O) groups is 3. The van der Waals surface area contributed by atoms with Crippen LogP contribution < -0.4 is 20.4 Å². The molecule has 1 saturated carbocycles. The lowest BCUT2D eigenvalue weighted by Gasteiger charge is -2.36. The third-order valence-electron chi connectivity index (χ3n) is 5.73. The number of fused-ring (bicyclic) bond motifs is 1. The standard InChI is InChI=1S/C21H23FN4O7/c22-14-9-13-15(26(12-1-2-12)11-17(19(13)29)33-21(31)32)10-16(14)24-5-7-25(8-6-24)20(30)23-4-3-18(27)28/h9-12H,1-8H2,(H,23,30)(H,27,28)(H,31,32). The number of piperazine rings is 1. The first-order valence-electron chi connectivity index (χ1n) is 10.5. The number of urea groups is 1. The molecule has 2 amide bonds. The molecule has 4 rings (SSSR count). The second-order valence-electron chi connectivity index (χ2n) is 8.00. The van der Waals surface area contributed by atoms with Crippen LogP contribution in [0.25, 0.3) is 10.9 Å². The third kappa shape index (κ3) is 4.83. The van der Waals surface area contributed by atoms with E-state index >= 15 is 4.39 Å². The molecule has 1 saturated heterocycles. The van der Waals surface area contributed by atoms with E-state index in [2.05, 4.69) is 10.1 Å². The Morgan fingerprint density at radius 3 is 2.42 bits per heavy atom. The molecular weight excluding hydrogens is 439 g/mol. The Balaban J connectivity index is 1.56. The fourth-order valence-corrected chi connectivity index (χ4v) is 3.94. The predicted molar refractivity (Wildman–Crippen MR) is 115 cm³/mol. The van der Waals surface area contributed by atoms with Gasteiger partial charge in [-0.1, -0.05) is 0 Å². The van der Waals surface area contributed by atoms with Crippen LogP contribution in [0.1, 0.15) is 25.3 Å². The summed E-state index contributed by atoms with van der Waals surface area (Å²) in [5.41, 5.74) is 0.0808. The van der Waals surface area contributed by atoms with Gasteiger partial charge < -0.3 is 34.6 Å². The van der Waals surface area contributed by atoms with E-state index in [0.29, 0.717) is 31.7 Å². The minimum Gasteiger partial charge on any atom is -0.481 e. The summed E-state index contributed by atoms with van der Waals surface area (Å²) in [6.07, 6.45) is 1.28. The summed E-state index contributed by atoms with van der Waals surface area (Å²) in [6.45, 7) is 1.36. The minimum absolute atomic E-state index is 0.0277. The van der Waals surface area contributed by atoms with Gasteiger partial charge in [0.15, 0.2) is 5.75 Å². The molecule has 1 aliphatic carbocycles. The quantitative estimate of drug-likeness (QED) is 0.552. The molecule has 0 spiro atoms. The van der Waals surface area contributed by atoms with Crippen molar-refractivity contribution in [3.8, 4) is 5.75 Å². The highest BCUT2D eigenvalue weighted by Gasteiger charge is 2.28. The molecule has 0 bridgehead atoms. The molecule has 1 aromatic carbocycles. The number of amides is 2. The first-order valence-corrected chi connectivity index (χ1v) is 10.5. The summed E-state index contributed by atoms with van der Waals surface area (Å²) in [4.78, 5) is 49.7. The van der Waals surface area contributed by atoms with E-state index in [4.69, 9.17) is 10.2 Å². The molecule has 176 valence electrons. The zero-order valence-corrected chi connectivity index (χ0v) is 17.6. The maximum absolute atomic E-state index is 15.0. The van der Waals surface area contributed by atoms with Crippen molar-refractivity contribution >= 4 is 34.7 Å². The predicted octanol–water partition coefficient (Wildman–Crippen LogP) is 1.84. The van der Waals surface area contributed by atoms with Crippen LogP contribution in [0.2, 0.25) is 0 Å². The number of carboxylic acids is 1. The van der Waals surface area contributed by atoms with Gasteiger partial charge >= 0.3 is 18.2 Å². The van der Waals surface area contributed by atoms with Crippen LogP contribution >= 0.6 is 0 Å². The van der Waals surface area contributed by atoms with Gasteiger partial charge in [0.2, 0.25) is 5.43 Å². The van der Waals surface area contributed by atoms with Gasteiger partial charge in [-0.25, -0.2) is 14.0 Å². The van der Waals surface area contributed by atoms with E-state index in [9.17, 15) is 19.2 Å². The molecule has 2 heterocycles. The topological polar surface area (TPSA) is 141 Å². The highest BCUT2D eigenvalue weighted by Crippen LogP contribution is 2.39. The number of carbonyl (C=O) groups excluding carboxylic acids is 1. The van der Waals surface area contributed by atoms with Crippen molar-refractivity contribution in [2.75, 3.05) is 37.6 Å². The zero-order valence-electron chi connectivity index (χ0n) is 17.6. The number of pyridine rings is 1. The maximum Gasteiger partial charge on any atom is 0.511 e. The number of hydrogen-bond donors (Lipinski definition) is 3. The molecule has 0 radical (unpaired) electrons. The lowest BCUT2D eigenvalue weighted by molar-refractivity contribution is -0.136. The molecule has 1 aromatic heterocycles. The van der Waals surface area contributed by atoms with E-state index in [1.165, 1.54) is 11.1 Å². The Morgan fingerprint density at radius 2 is 1.82 bits per heavy atom. The number of ether oxygens (including phenoxy) is 1. The summed E-state index contributed by atoms with van der Waals surface area (Å²) < 4.78 is 21.4. The fourth-order valence-electron chi connectivity index (χ4n) is 3.94. The van der Waals surface area contributed by atoms with Crippen LogP contribution in [0.3, 0.4) is 0 Å². The number of carboxylic acid groups (broad SMARTS) is 2. The van der Waals surface area contributed by atoms with Crippen molar-refractivity contribution in [3.63, 3.8) is 0 Å². The van der Waals surface area contributed by atoms with Crippen molar-refractivity contribution in [1.29, 1.82) is 0 Å². The van der Waals surface area contributed by atoms with Gasteiger partial charge in [-0.05, 0) is 25.0 Å². The smallest absolute Gasteiger partial charge is 0.481 e. The van der Waals surface area contributed by atoms with Crippen LogP contribution in [-0.2, 0) is 4.79 Å². The first-order chi connectivity index (χ1) is 15.7. The highest BCUT2D eigenvalue weighted by molar-refractivity contribution is 5.85. The van der Waals surface area contributed by atoms with Crippen molar-refractivity contribution in [2.24, 2.45) is 0 Å². The molecule has 0 unspecified atom stereocenters. The lowest BCUT2D eigenvalue weighted by atomic mass is 10.1. The molecule has 3 N–H and O–H groups in total. The second-order valence-corrected chi connectivity index (χ2v) is 8.00. The van der Waals surface area contributed by atoms with E-state index in [0.717, 1.165) is 18.9 Å². The molecule has 2 aliphatic rings. The van der Waals surface area contributed by atoms with Gasteiger partial charge in [-0.2, -0.15) is 0 Å². The number of hydrogen-bond acceptors (Lipinski definition) is 6. The SMILES string of the molecule is O=C(O)CCNC(=O)N1CCN(c2cc3c(cc2F)c(=O)c(OC(=O)O)cn3C2CC2)CC1. The number of aromatic nitrogens is 1. The minimum atomic E-state index is -1.62. The average molecular weight is 462 g/mol. The van der Waals surface area contributed by atoms with Gasteiger partial charge in [0, 0.05) is 38.8 Å².